The second-order valence-electron chi connectivity index (χ2n) is 4.02. The summed E-state index contributed by atoms with van der Waals surface area (Å²) in [6.07, 6.45) is 0. The van der Waals surface area contributed by atoms with Gasteiger partial charge in [0.2, 0.25) is 0 Å². The average Bonchev–Trinajstić information content (AvgIpc) is 2.70. The summed E-state index contributed by atoms with van der Waals surface area (Å²) in [6.45, 7) is 6.72. The van der Waals surface area contributed by atoms with E-state index in [1.807, 2.05) is 11.8 Å². The third-order valence-electron chi connectivity index (χ3n) is 2.39. The molecule has 1 rings (SSSR count). The molecule has 0 aliphatic heterocycles. The van der Waals surface area contributed by atoms with Gasteiger partial charge in [0.15, 0.2) is 0 Å². The molecule has 1 aromatic heterocycles. The molecule has 1 atom stereocenters. The summed E-state index contributed by atoms with van der Waals surface area (Å²) in [5.74, 6) is 7.37. The van der Waals surface area contributed by atoms with Crippen LogP contribution in [0.5, 0.6) is 0 Å². The highest BCUT2D eigenvalue weighted by Crippen LogP contribution is 2.26. The molecule has 1 unspecified atom stereocenters. The first-order valence-corrected chi connectivity index (χ1v) is 7.35. The number of hydrogen-bond acceptors (Lipinski definition) is 3. The summed E-state index contributed by atoms with van der Waals surface area (Å²) in [5.41, 5.74) is 1.02. The summed E-state index contributed by atoms with van der Waals surface area (Å²) in [5, 5.41) is 11.3. The molecule has 0 aliphatic rings. The Hall–Kier alpha value is -0.430. The first-order valence-electron chi connectivity index (χ1n) is 5.42. The molecule has 1 aromatic rings. The number of aliphatic hydroxyl groups is 1. The molecule has 0 saturated heterocycles. The lowest BCUT2D eigenvalue weighted by Crippen LogP contribution is -2.05. The highest BCUT2D eigenvalue weighted by Gasteiger charge is 2.08. The van der Waals surface area contributed by atoms with Crippen molar-refractivity contribution < 1.29 is 5.11 Å². The van der Waals surface area contributed by atoms with E-state index in [2.05, 4.69) is 44.1 Å². The van der Waals surface area contributed by atoms with Gasteiger partial charge in [-0.05, 0) is 12.0 Å². The van der Waals surface area contributed by atoms with Crippen LogP contribution in [0.25, 0.3) is 0 Å². The lowest BCUT2D eigenvalue weighted by molar-refractivity contribution is 0.350. The van der Waals surface area contributed by atoms with Crippen molar-refractivity contribution >= 4 is 23.1 Å². The molecule has 88 valence electrons. The highest BCUT2D eigenvalue weighted by atomic mass is 32.2. The minimum absolute atomic E-state index is 0.0652. The van der Waals surface area contributed by atoms with Crippen LogP contribution in [0.2, 0.25) is 0 Å². The summed E-state index contributed by atoms with van der Waals surface area (Å²) >= 11 is 3.74. The zero-order valence-electron chi connectivity index (χ0n) is 9.99. The van der Waals surface area contributed by atoms with Crippen molar-refractivity contribution in [1.82, 2.24) is 0 Å². The van der Waals surface area contributed by atoms with E-state index in [0.29, 0.717) is 5.25 Å². The molecule has 0 bridgehead atoms. The van der Waals surface area contributed by atoms with Crippen LogP contribution in [0.3, 0.4) is 0 Å². The van der Waals surface area contributed by atoms with Crippen molar-refractivity contribution in [2.45, 2.75) is 31.8 Å². The molecule has 0 spiro atoms. The van der Waals surface area contributed by atoms with Crippen LogP contribution in [0.1, 0.15) is 31.2 Å². The lowest BCUT2D eigenvalue weighted by atomic mass is 10.2. The fourth-order valence-corrected chi connectivity index (χ4v) is 3.04. The van der Waals surface area contributed by atoms with Crippen LogP contribution in [0.15, 0.2) is 11.4 Å². The van der Waals surface area contributed by atoms with Gasteiger partial charge in [-0.25, -0.2) is 0 Å². The van der Waals surface area contributed by atoms with Gasteiger partial charge in [0, 0.05) is 26.8 Å². The number of thiophene rings is 1. The van der Waals surface area contributed by atoms with Crippen molar-refractivity contribution in [2.24, 2.45) is 5.92 Å². The molecular formula is C13H18OS2. The smallest absolute Gasteiger partial charge is 0.104 e. The number of aliphatic hydroxyl groups excluding tert-OH is 1. The third-order valence-corrected chi connectivity index (χ3v) is 5.06. The first kappa shape index (κ1) is 13.6. The zero-order chi connectivity index (χ0) is 12.0. The Labute approximate surface area is 106 Å². The maximum absolute atomic E-state index is 8.60. The molecule has 1 heterocycles. The van der Waals surface area contributed by atoms with E-state index >= 15 is 0 Å². The van der Waals surface area contributed by atoms with Gasteiger partial charge in [0.1, 0.15) is 6.61 Å². The van der Waals surface area contributed by atoms with Gasteiger partial charge in [-0.2, -0.15) is 11.8 Å². The van der Waals surface area contributed by atoms with E-state index in [0.717, 1.165) is 17.2 Å². The first-order chi connectivity index (χ1) is 7.63. The molecule has 3 heteroatoms. The summed E-state index contributed by atoms with van der Waals surface area (Å²) in [7, 11) is 0. The van der Waals surface area contributed by atoms with Gasteiger partial charge < -0.3 is 5.11 Å². The topological polar surface area (TPSA) is 20.2 Å². The lowest BCUT2D eigenvalue weighted by Gasteiger charge is -2.13. The van der Waals surface area contributed by atoms with Crippen molar-refractivity contribution in [2.75, 3.05) is 6.61 Å². The van der Waals surface area contributed by atoms with Gasteiger partial charge >= 0.3 is 0 Å². The second-order valence-corrected chi connectivity index (χ2v) is 6.38. The Kier molecular flexibility index (Phi) is 5.97. The highest BCUT2D eigenvalue weighted by molar-refractivity contribution is 7.99. The molecule has 0 saturated carbocycles. The molecule has 1 N–H and O–H groups in total. The van der Waals surface area contributed by atoms with E-state index in [9.17, 15) is 0 Å². The Bertz CT molecular complexity index is 371. The van der Waals surface area contributed by atoms with Gasteiger partial charge in [-0.1, -0.05) is 32.6 Å². The van der Waals surface area contributed by atoms with E-state index in [1.165, 1.54) is 4.88 Å². The summed E-state index contributed by atoms with van der Waals surface area (Å²) < 4.78 is 0. The van der Waals surface area contributed by atoms with Gasteiger partial charge in [-0.3, -0.25) is 0 Å². The quantitative estimate of drug-likeness (QED) is 0.831. The van der Waals surface area contributed by atoms with E-state index in [1.54, 1.807) is 11.3 Å². The minimum Gasteiger partial charge on any atom is -0.384 e. The summed E-state index contributed by atoms with van der Waals surface area (Å²) in [4.78, 5) is 1.36. The second kappa shape index (κ2) is 7.01. The minimum atomic E-state index is -0.0652. The van der Waals surface area contributed by atoms with Gasteiger partial charge in [0.05, 0.1) is 0 Å². The van der Waals surface area contributed by atoms with Crippen LogP contribution < -0.4 is 0 Å². The van der Waals surface area contributed by atoms with Crippen LogP contribution in [0, 0.1) is 17.8 Å². The summed E-state index contributed by atoms with van der Waals surface area (Å²) in [6, 6.07) is 2.12. The fourth-order valence-electron chi connectivity index (χ4n) is 1.07. The largest absolute Gasteiger partial charge is 0.384 e. The number of hydrogen-bond donors (Lipinski definition) is 1. The fraction of sp³-hybridized carbons (Fsp3) is 0.538. The van der Waals surface area contributed by atoms with Crippen LogP contribution in [0.4, 0.5) is 0 Å². The van der Waals surface area contributed by atoms with Crippen molar-refractivity contribution in [3.8, 4) is 11.8 Å². The Morgan fingerprint density at radius 3 is 2.81 bits per heavy atom. The van der Waals surface area contributed by atoms with E-state index < -0.39 is 0 Å². The third kappa shape index (κ3) is 4.61. The normalized spacial score (nSPS) is 12.3. The SMILES string of the molecule is CC(C)C(C)SCc1cc(C#CCO)cs1. The molecule has 0 aliphatic carbocycles. The molecule has 0 amide bonds. The number of rotatable bonds is 4. The standard InChI is InChI=1S/C13H18OS2/c1-10(2)11(3)15-9-13-7-12(8-16-13)5-4-6-14/h7-8,10-11,14H,6,9H2,1-3H3. The van der Waals surface area contributed by atoms with Crippen LogP contribution in [-0.2, 0) is 5.75 Å². The molecule has 16 heavy (non-hydrogen) atoms. The molecule has 0 radical (unpaired) electrons. The Balaban J connectivity index is 2.46. The average molecular weight is 254 g/mol. The Morgan fingerprint density at radius 2 is 2.19 bits per heavy atom. The molecule has 1 nitrogen and oxygen atoms in total. The van der Waals surface area contributed by atoms with Gasteiger partial charge in [-0.15, -0.1) is 11.3 Å². The molecular weight excluding hydrogens is 236 g/mol. The molecule has 0 fully saturated rings. The van der Waals surface area contributed by atoms with Crippen molar-refractivity contribution in [3.05, 3.63) is 21.9 Å². The van der Waals surface area contributed by atoms with Crippen molar-refractivity contribution in [3.63, 3.8) is 0 Å². The molecule has 0 aromatic carbocycles. The van der Waals surface area contributed by atoms with Crippen LogP contribution in [-0.4, -0.2) is 17.0 Å². The van der Waals surface area contributed by atoms with E-state index in [-0.39, 0.29) is 6.61 Å². The van der Waals surface area contributed by atoms with E-state index in [4.69, 9.17) is 5.11 Å². The Morgan fingerprint density at radius 1 is 1.44 bits per heavy atom. The predicted octanol–water partition coefficient (Wildman–Crippen LogP) is 3.37. The number of thioether (sulfide) groups is 1. The maximum Gasteiger partial charge on any atom is 0.104 e. The monoisotopic (exact) mass is 254 g/mol. The van der Waals surface area contributed by atoms with Crippen LogP contribution >= 0.6 is 23.1 Å². The van der Waals surface area contributed by atoms with Crippen molar-refractivity contribution in [1.29, 1.82) is 0 Å². The van der Waals surface area contributed by atoms with Gasteiger partial charge in [0.25, 0.3) is 0 Å². The predicted molar refractivity (Wildman–Crippen MR) is 73.9 cm³/mol. The zero-order valence-corrected chi connectivity index (χ0v) is 11.6. The maximum atomic E-state index is 8.60.